The molecule has 0 aliphatic carbocycles. The monoisotopic (exact) mass is 262 g/mol. The molecule has 0 unspecified atom stereocenters. The molecule has 0 aliphatic rings. The van der Waals surface area contributed by atoms with Gasteiger partial charge in [0.2, 0.25) is 0 Å². The van der Waals surface area contributed by atoms with Crippen LogP contribution in [0.2, 0.25) is 0 Å². The summed E-state index contributed by atoms with van der Waals surface area (Å²) in [5.74, 6) is 0. The first-order valence-corrected chi connectivity index (χ1v) is 7.04. The van der Waals surface area contributed by atoms with Gasteiger partial charge in [0, 0.05) is 18.7 Å². The first-order valence-electron chi connectivity index (χ1n) is 6.23. The number of nitrogens with zero attached hydrogens (tertiary/aromatic N) is 3. The summed E-state index contributed by atoms with van der Waals surface area (Å²) >= 11 is 1.63. The van der Waals surface area contributed by atoms with Gasteiger partial charge in [-0.05, 0) is 25.1 Å². The topological polar surface area (TPSA) is 50.7 Å². The molecule has 0 radical (unpaired) electrons. The summed E-state index contributed by atoms with van der Waals surface area (Å²) in [6, 6.07) is 6.38. The Balaban J connectivity index is 1.87. The van der Waals surface area contributed by atoms with E-state index in [-0.39, 0.29) is 0 Å². The van der Waals surface area contributed by atoms with Crippen molar-refractivity contribution in [3.8, 4) is 10.7 Å². The SMILES string of the molecule is CC(C)NCCCc1nnc(-c2ccccn2)s1. The number of rotatable bonds is 6. The zero-order chi connectivity index (χ0) is 12.8. The average Bonchev–Trinajstić information content (AvgIpc) is 2.84. The molecule has 0 amide bonds. The third-order valence-electron chi connectivity index (χ3n) is 2.47. The number of aryl methyl sites for hydroxylation is 1. The van der Waals surface area contributed by atoms with E-state index < -0.39 is 0 Å². The first-order chi connectivity index (χ1) is 8.75. The standard InChI is InChI=1S/C13H18N4S/c1-10(2)14-9-5-7-12-16-17-13(18-12)11-6-3-4-8-15-11/h3-4,6,8,10,14H,5,7,9H2,1-2H3. The Kier molecular flexibility index (Phi) is 4.78. The van der Waals surface area contributed by atoms with Crippen molar-refractivity contribution in [2.45, 2.75) is 32.7 Å². The molecule has 4 nitrogen and oxygen atoms in total. The Bertz CT molecular complexity index is 467. The van der Waals surface area contributed by atoms with Crippen molar-refractivity contribution in [3.05, 3.63) is 29.4 Å². The van der Waals surface area contributed by atoms with Gasteiger partial charge in [0.25, 0.3) is 0 Å². The quantitative estimate of drug-likeness (QED) is 0.813. The van der Waals surface area contributed by atoms with Crippen molar-refractivity contribution >= 4 is 11.3 Å². The predicted octanol–water partition coefficient (Wildman–Crippen LogP) is 2.53. The molecule has 0 saturated carbocycles. The van der Waals surface area contributed by atoms with E-state index >= 15 is 0 Å². The van der Waals surface area contributed by atoms with Crippen LogP contribution in [-0.4, -0.2) is 27.8 Å². The lowest BCUT2D eigenvalue weighted by Gasteiger charge is -2.05. The summed E-state index contributed by atoms with van der Waals surface area (Å²) in [5, 5.41) is 13.8. The van der Waals surface area contributed by atoms with Gasteiger partial charge in [-0.3, -0.25) is 4.98 Å². The normalized spacial score (nSPS) is 11.1. The van der Waals surface area contributed by atoms with E-state index in [9.17, 15) is 0 Å². The van der Waals surface area contributed by atoms with Crippen LogP contribution >= 0.6 is 11.3 Å². The van der Waals surface area contributed by atoms with Crippen LogP contribution in [0.5, 0.6) is 0 Å². The van der Waals surface area contributed by atoms with Crippen LogP contribution in [0.1, 0.15) is 25.3 Å². The second-order valence-electron chi connectivity index (χ2n) is 4.43. The van der Waals surface area contributed by atoms with E-state index in [0.29, 0.717) is 6.04 Å². The highest BCUT2D eigenvalue weighted by atomic mass is 32.1. The molecule has 2 rings (SSSR count). The van der Waals surface area contributed by atoms with Crippen molar-refractivity contribution in [2.24, 2.45) is 0 Å². The fraction of sp³-hybridized carbons (Fsp3) is 0.462. The highest BCUT2D eigenvalue weighted by molar-refractivity contribution is 7.14. The lowest BCUT2D eigenvalue weighted by molar-refractivity contribution is 0.569. The van der Waals surface area contributed by atoms with E-state index in [1.165, 1.54) is 0 Å². The van der Waals surface area contributed by atoms with Crippen LogP contribution in [0.25, 0.3) is 10.7 Å². The van der Waals surface area contributed by atoms with Crippen LogP contribution in [0.3, 0.4) is 0 Å². The Morgan fingerprint density at radius 1 is 1.28 bits per heavy atom. The molecule has 0 atom stereocenters. The zero-order valence-electron chi connectivity index (χ0n) is 10.8. The number of nitrogens with one attached hydrogen (secondary N) is 1. The maximum atomic E-state index is 4.28. The lowest BCUT2D eigenvalue weighted by Crippen LogP contribution is -2.23. The fourth-order valence-corrected chi connectivity index (χ4v) is 2.44. The van der Waals surface area contributed by atoms with Gasteiger partial charge >= 0.3 is 0 Å². The van der Waals surface area contributed by atoms with Crippen LogP contribution in [0.15, 0.2) is 24.4 Å². The highest BCUT2D eigenvalue weighted by Crippen LogP contribution is 2.21. The largest absolute Gasteiger partial charge is 0.315 e. The molecule has 96 valence electrons. The summed E-state index contributed by atoms with van der Waals surface area (Å²) < 4.78 is 0. The molecule has 0 fully saturated rings. The van der Waals surface area contributed by atoms with Crippen molar-refractivity contribution in [1.82, 2.24) is 20.5 Å². The molecular formula is C13H18N4S. The number of hydrogen-bond acceptors (Lipinski definition) is 5. The van der Waals surface area contributed by atoms with Gasteiger partial charge < -0.3 is 5.32 Å². The minimum atomic E-state index is 0.545. The lowest BCUT2D eigenvalue weighted by atomic mass is 10.3. The Hall–Kier alpha value is -1.33. The number of pyridine rings is 1. The molecule has 0 bridgehead atoms. The van der Waals surface area contributed by atoms with Gasteiger partial charge in [-0.2, -0.15) is 0 Å². The van der Waals surface area contributed by atoms with Gasteiger partial charge in [-0.25, -0.2) is 0 Å². The number of hydrogen-bond donors (Lipinski definition) is 1. The smallest absolute Gasteiger partial charge is 0.166 e. The zero-order valence-corrected chi connectivity index (χ0v) is 11.6. The molecular weight excluding hydrogens is 244 g/mol. The van der Waals surface area contributed by atoms with Gasteiger partial charge in [0.05, 0.1) is 0 Å². The van der Waals surface area contributed by atoms with Crippen LogP contribution in [-0.2, 0) is 6.42 Å². The van der Waals surface area contributed by atoms with Gasteiger partial charge in [0.1, 0.15) is 10.7 Å². The molecule has 2 heterocycles. The van der Waals surface area contributed by atoms with E-state index in [1.54, 1.807) is 17.5 Å². The van der Waals surface area contributed by atoms with E-state index in [1.807, 2.05) is 18.2 Å². The molecule has 0 saturated heterocycles. The minimum Gasteiger partial charge on any atom is -0.315 e. The highest BCUT2D eigenvalue weighted by Gasteiger charge is 2.06. The first kappa shape index (κ1) is 13.1. The summed E-state index contributed by atoms with van der Waals surface area (Å²) in [6.45, 7) is 5.34. The third kappa shape index (κ3) is 3.85. The molecule has 5 heteroatoms. The second-order valence-corrected chi connectivity index (χ2v) is 5.49. The van der Waals surface area contributed by atoms with Crippen molar-refractivity contribution in [2.75, 3.05) is 6.54 Å². The van der Waals surface area contributed by atoms with Gasteiger partial charge in [0.15, 0.2) is 5.01 Å². The average molecular weight is 262 g/mol. The molecule has 1 N–H and O–H groups in total. The molecule has 2 aromatic heterocycles. The minimum absolute atomic E-state index is 0.545. The second kappa shape index (κ2) is 6.56. The maximum absolute atomic E-state index is 4.28. The predicted molar refractivity (Wildman–Crippen MR) is 74.6 cm³/mol. The van der Waals surface area contributed by atoms with Crippen LogP contribution in [0.4, 0.5) is 0 Å². The molecule has 0 aliphatic heterocycles. The van der Waals surface area contributed by atoms with Crippen molar-refractivity contribution in [3.63, 3.8) is 0 Å². The van der Waals surface area contributed by atoms with Gasteiger partial charge in [-0.1, -0.05) is 31.3 Å². The summed E-state index contributed by atoms with van der Waals surface area (Å²) in [6.07, 6.45) is 3.85. The summed E-state index contributed by atoms with van der Waals surface area (Å²) in [5.41, 5.74) is 0.904. The summed E-state index contributed by atoms with van der Waals surface area (Å²) in [4.78, 5) is 4.28. The molecule has 0 aromatic carbocycles. The Morgan fingerprint density at radius 3 is 2.89 bits per heavy atom. The van der Waals surface area contributed by atoms with E-state index in [2.05, 4.69) is 34.3 Å². The van der Waals surface area contributed by atoms with Crippen LogP contribution in [0, 0.1) is 0 Å². The molecule has 2 aromatic rings. The fourth-order valence-electron chi connectivity index (χ4n) is 1.58. The Labute approximate surface area is 111 Å². The van der Waals surface area contributed by atoms with Crippen LogP contribution < -0.4 is 5.32 Å². The molecule has 0 spiro atoms. The molecule has 18 heavy (non-hydrogen) atoms. The van der Waals surface area contributed by atoms with Crippen molar-refractivity contribution < 1.29 is 0 Å². The Morgan fingerprint density at radius 2 is 2.17 bits per heavy atom. The van der Waals surface area contributed by atoms with Crippen molar-refractivity contribution in [1.29, 1.82) is 0 Å². The van der Waals surface area contributed by atoms with E-state index in [4.69, 9.17) is 0 Å². The summed E-state index contributed by atoms with van der Waals surface area (Å²) in [7, 11) is 0. The van der Waals surface area contributed by atoms with E-state index in [0.717, 1.165) is 35.1 Å². The van der Waals surface area contributed by atoms with Gasteiger partial charge in [-0.15, -0.1) is 10.2 Å². The third-order valence-corrected chi connectivity index (χ3v) is 3.48. The maximum Gasteiger partial charge on any atom is 0.166 e. The number of aromatic nitrogens is 3.